The second-order valence-electron chi connectivity index (χ2n) is 8.76. The number of hydrogen-bond donors (Lipinski definition) is 8. The zero-order valence-corrected chi connectivity index (χ0v) is 17.8. The highest BCUT2D eigenvalue weighted by Gasteiger charge is 2.50. The molecule has 0 aromatic rings. The van der Waals surface area contributed by atoms with Crippen molar-refractivity contribution in [2.24, 2.45) is 17.2 Å². The van der Waals surface area contributed by atoms with Crippen molar-refractivity contribution in [3.05, 3.63) is 11.8 Å². The summed E-state index contributed by atoms with van der Waals surface area (Å²) in [6, 6.07) is -2.49. The summed E-state index contributed by atoms with van der Waals surface area (Å²) in [6.07, 6.45) is -4.00. The van der Waals surface area contributed by atoms with Crippen LogP contribution in [0.1, 0.15) is 19.8 Å². The van der Waals surface area contributed by atoms with Gasteiger partial charge in [0.2, 0.25) is 6.29 Å². The predicted octanol–water partition coefficient (Wildman–Crippen LogP) is -3.82. The molecule has 1 saturated carbocycles. The fourth-order valence-corrected chi connectivity index (χ4v) is 4.41. The Kier molecular flexibility index (Phi) is 7.92. The maximum atomic E-state index is 11.0. The van der Waals surface area contributed by atoms with Crippen LogP contribution in [0.15, 0.2) is 11.8 Å². The van der Waals surface area contributed by atoms with Gasteiger partial charge in [-0.1, -0.05) is 0 Å². The van der Waals surface area contributed by atoms with Crippen molar-refractivity contribution in [3.63, 3.8) is 0 Å². The van der Waals surface area contributed by atoms with Crippen molar-refractivity contribution in [2.75, 3.05) is 20.3 Å². The number of rotatable bonds is 6. The largest absolute Gasteiger partial charge is 0.465 e. The second kappa shape index (κ2) is 9.93. The van der Waals surface area contributed by atoms with Gasteiger partial charge in [-0.15, -0.1) is 0 Å². The lowest BCUT2D eigenvalue weighted by Crippen LogP contribution is -2.68. The Morgan fingerprint density at radius 3 is 2.29 bits per heavy atom. The molecular weight excluding hydrogens is 412 g/mol. The number of nitrogens with one attached hydrogen (secondary N) is 1. The number of aliphatic hydroxyl groups is 4. The Labute approximate surface area is 181 Å². The van der Waals surface area contributed by atoms with Gasteiger partial charge >= 0.3 is 0 Å². The fourth-order valence-electron chi connectivity index (χ4n) is 4.41. The van der Waals surface area contributed by atoms with Gasteiger partial charge in [0.15, 0.2) is 6.29 Å². The molecule has 0 unspecified atom stereocenters. The summed E-state index contributed by atoms with van der Waals surface area (Å²) in [5.41, 5.74) is 17.1. The zero-order chi connectivity index (χ0) is 22.9. The Hall–Kier alpha value is -0.900. The number of aliphatic hydroxyl groups excluding tert-OH is 3. The zero-order valence-electron chi connectivity index (χ0n) is 17.8. The molecule has 0 aromatic heterocycles. The molecule has 0 radical (unpaired) electrons. The topological polar surface area (TPSA) is 208 Å². The molecular formula is C19H36N4O8. The maximum Gasteiger partial charge on any atom is 0.215 e. The van der Waals surface area contributed by atoms with Crippen molar-refractivity contribution in [1.29, 1.82) is 0 Å². The Morgan fingerprint density at radius 1 is 1.10 bits per heavy atom. The third kappa shape index (κ3) is 5.20. The number of likely N-dealkylation sites (N-methyl/N-ethyl adjacent to an activating group) is 1. The molecule has 3 aliphatic rings. The Morgan fingerprint density at radius 2 is 1.71 bits per heavy atom. The molecule has 1 aliphatic carbocycles. The van der Waals surface area contributed by atoms with Crippen molar-refractivity contribution >= 4 is 0 Å². The number of ether oxygens (including phenoxy) is 4. The molecule has 0 spiro atoms. The van der Waals surface area contributed by atoms with Crippen LogP contribution in [0.4, 0.5) is 0 Å². The van der Waals surface area contributed by atoms with Crippen molar-refractivity contribution in [2.45, 2.75) is 86.5 Å². The van der Waals surface area contributed by atoms with E-state index in [9.17, 15) is 20.4 Å². The van der Waals surface area contributed by atoms with Crippen LogP contribution in [0.25, 0.3) is 0 Å². The van der Waals surface area contributed by atoms with Gasteiger partial charge in [-0.25, -0.2) is 0 Å². The standard InChI is InChI=1S/C19H36N4O8/c1-19(27)7-28-18(13(26)16(19)23-2)31-15-11(22)5-10(21)14(12(15)25)30-17-9(20)4-3-8(6-24)29-17/h3,9-18,23-27H,4-7,20-22H2,1-2H3/t9-,10+,11-,12+,13-,14-,15+,16-,17-,18-,19+/m1/s1. The van der Waals surface area contributed by atoms with E-state index >= 15 is 0 Å². The molecule has 31 heavy (non-hydrogen) atoms. The third-order valence-electron chi connectivity index (χ3n) is 6.18. The Bertz CT molecular complexity index is 638. The van der Waals surface area contributed by atoms with Gasteiger partial charge in [-0.3, -0.25) is 0 Å². The third-order valence-corrected chi connectivity index (χ3v) is 6.18. The molecule has 12 heteroatoms. The van der Waals surface area contributed by atoms with Gasteiger partial charge in [-0.05, 0) is 32.9 Å². The number of nitrogens with two attached hydrogens (primary N) is 3. The molecule has 11 N–H and O–H groups in total. The summed E-state index contributed by atoms with van der Waals surface area (Å²) in [5, 5.41) is 44.2. The van der Waals surface area contributed by atoms with Gasteiger partial charge in [0.05, 0.1) is 18.7 Å². The van der Waals surface area contributed by atoms with E-state index in [0.29, 0.717) is 12.2 Å². The van der Waals surface area contributed by atoms with Crippen molar-refractivity contribution in [1.82, 2.24) is 5.32 Å². The molecule has 2 fully saturated rings. The first-order valence-corrected chi connectivity index (χ1v) is 10.5. The fraction of sp³-hybridized carbons (Fsp3) is 0.895. The summed E-state index contributed by atoms with van der Waals surface area (Å²) in [4.78, 5) is 0. The van der Waals surface area contributed by atoms with Crippen LogP contribution >= 0.6 is 0 Å². The van der Waals surface area contributed by atoms with Crippen LogP contribution in [-0.2, 0) is 18.9 Å². The van der Waals surface area contributed by atoms with Crippen LogP contribution in [0, 0.1) is 0 Å². The Balaban J connectivity index is 1.69. The van der Waals surface area contributed by atoms with E-state index in [4.69, 9.17) is 36.1 Å². The van der Waals surface area contributed by atoms with Gasteiger partial charge in [0, 0.05) is 12.1 Å². The normalized spacial score (nSPS) is 48.7. The molecule has 0 amide bonds. The quantitative estimate of drug-likeness (QED) is 0.197. The van der Waals surface area contributed by atoms with Crippen molar-refractivity contribution in [3.8, 4) is 0 Å². The lowest BCUT2D eigenvalue weighted by atomic mass is 9.84. The molecule has 3 rings (SSSR count). The first kappa shape index (κ1) is 24.7. The molecule has 2 heterocycles. The SMILES string of the molecule is CN[C@@H]1[C@@H](O)[C@@H](O[C@@H]2[C@@H](O)[C@H](O[C@H]3OC(CO)=CC[C@H]3N)[C@@H](N)C[C@H]2N)OC[C@]1(C)O. The highest BCUT2D eigenvalue weighted by Crippen LogP contribution is 2.31. The van der Waals surface area contributed by atoms with Crippen LogP contribution < -0.4 is 22.5 Å². The van der Waals surface area contributed by atoms with Gasteiger partial charge in [-0.2, -0.15) is 0 Å². The highest BCUT2D eigenvalue weighted by atomic mass is 16.7. The van der Waals surface area contributed by atoms with E-state index in [1.807, 2.05) is 0 Å². The summed E-state index contributed by atoms with van der Waals surface area (Å²) < 4.78 is 22.8. The first-order valence-electron chi connectivity index (χ1n) is 10.5. The van der Waals surface area contributed by atoms with E-state index in [2.05, 4.69) is 5.32 Å². The van der Waals surface area contributed by atoms with E-state index in [1.54, 1.807) is 20.0 Å². The second-order valence-corrected chi connectivity index (χ2v) is 8.76. The van der Waals surface area contributed by atoms with Gasteiger partial charge in [0.25, 0.3) is 0 Å². The molecule has 2 aliphatic heterocycles. The van der Waals surface area contributed by atoms with Crippen LogP contribution in [0.5, 0.6) is 0 Å². The minimum atomic E-state index is -1.30. The van der Waals surface area contributed by atoms with E-state index in [1.165, 1.54) is 0 Å². The van der Waals surface area contributed by atoms with E-state index < -0.39 is 66.8 Å². The average molecular weight is 449 g/mol. The van der Waals surface area contributed by atoms with Crippen LogP contribution in [0.3, 0.4) is 0 Å². The average Bonchev–Trinajstić information content (AvgIpc) is 2.71. The molecule has 0 aromatic carbocycles. The maximum absolute atomic E-state index is 11.0. The molecule has 0 bridgehead atoms. The minimum absolute atomic E-state index is 0.0846. The van der Waals surface area contributed by atoms with Crippen LogP contribution in [0.2, 0.25) is 0 Å². The van der Waals surface area contributed by atoms with Crippen molar-refractivity contribution < 1.29 is 39.4 Å². The monoisotopic (exact) mass is 448 g/mol. The summed E-state index contributed by atoms with van der Waals surface area (Å²) in [7, 11) is 1.61. The van der Waals surface area contributed by atoms with E-state index in [0.717, 1.165) is 0 Å². The lowest BCUT2D eigenvalue weighted by molar-refractivity contribution is -0.303. The van der Waals surface area contributed by atoms with Gasteiger partial charge < -0.3 is 61.9 Å². The minimum Gasteiger partial charge on any atom is -0.465 e. The lowest BCUT2D eigenvalue weighted by Gasteiger charge is -2.48. The molecule has 1 saturated heterocycles. The predicted molar refractivity (Wildman–Crippen MR) is 108 cm³/mol. The summed E-state index contributed by atoms with van der Waals surface area (Å²) in [5.74, 6) is 0.332. The molecule has 11 atom stereocenters. The van der Waals surface area contributed by atoms with Gasteiger partial charge in [0.1, 0.15) is 42.4 Å². The summed E-state index contributed by atoms with van der Waals surface area (Å²) >= 11 is 0. The number of hydrogen-bond acceptors (Lipinski definition) is 12. The highest BCUT2D eigenvalue weighted by molar-refractivity contribution is 5.04. The first-order chi connectivity index (χ1) is 14.6. The molecule has 12 nitrogen and oxygen atoms in total. The molecule has 180 valence electrons. The van der Waals surface area contributed by atoms with Crippen LogP contribution in [-0.4, -0.2) is 107 Å². The summed E-state index contributed by atoms with van der Waals surface area (Å²) in [6.45, 7) is 1.16. The van der Waals surface area contributed by atoms with E-state index in [-0.39, 0.29) is 19.6 Å². The smallest absolute Gasteiger partial charge is 0.215 e.